The molecule has 0 saturated carbocycles. The van der Waals surface area contributed by atoms with Crippen LogP contribution >= 0.6 is 11.6 Å². The Bertz CT molecular complexity index is 1570. The van der Waals surface area contributed by atoms with E-state index in [1.54, 1.807) is 0 Å². The fraction of sp³-hybridized carbons (Fsp3) is 0.0800. The van der Waals surface area contributed by atoms with Gasteiger partial charge >= 0.3 is 6.18 Å². The van der Waals surface area contributed by atoms with Gasteiger partial charge in [0.1, 0.15) is 11.6 Å². The van der Waals surface area contributed by atoms with E-state index in [9.17, 15) is 31.5 Å². The molecule has 1 aromatic heterocycles. The highest BCUT2D eigenvalue weighted by molar-refractivity contribution is 6.31. The first-order valence-electron chi connectivity index (χ1n) is 10.9. The number of rotatable bonds is 5. The van der Waals surface area contributed by atoms with Crippen LogP contribution in [0.4, 0.5) is 39.3 Å². The fourth-order valence-corrected chi connectivity index (χ4v) is 4.35. The Balaban J connectivity index is 1.61. The molecule has 1 atom stereocenters. The minimum Gasteiger partial charge on any atom is -0.341 e. The number of aromatic amines is 1. The van der Waals surface area contributed by atoms with Crippen LogP contribution < -0.4 is 16.0 Å². The lowest BCUT2D eigenvalue weighted by atomic mass is 9.95. The molecular formula is C25H15ClF5N5O2. The molecule has 0 aliphatic carbocycles. The molecule has 0 radical (unpaired) electrons. The average molecular weight is 548 g/mol. The molecule has 2 amide bonds. The lowest BCUT2D eigenvalue weighted by Crippen LogP contribution is -2.21. The highest BCUT2D eigenvalue weighted by Gasteiger charge is 2.36. The van der Waals surface area contributed by atoms with Crippen LogP contribution in [0.15, 0.2) is 60.9 Å². The number of carbonyl (C=O) groups excluding carboxylic acids is 2. The van der Waals surface area contributed by atoms with E-state index in [-0.39, 0.29) is 39.2 Å². The van der Waals surface area contributed by atoms with E-state index >= 15 is 0 Å². The molecule has 1 aliphatic heterocycles. The predicted octanol–water partition coefficient (Wildman–Crippen LogP) is 6.19. The Kier molecular flexibility index (Phi) is 6.27. The van der Waals surface area contributed by atoms with Crippen molar-refractivity contribution in [2.75, 3.05) is 10.6 Å². The molecule has 4 N–H and O–H groups in total. The zero-order chi connectivity index (χ0) is 27.2. The first kappa shape index (κ1) is 25.2. The summed E-state index contributed by atoms with van der Waals surface area (Å²) in [6.45, 7) is 0. The molecule has 0 fully saturated rings. The molecule has 7 nitrogen and oxygen atoms in total. The number of nitrogens with zero attached hydrogens (tertiary/aromatic N) is 1. The molecular weight excluding hydrogens is 533 g/mol. The van der Waals surface area contributed by atoms with E-state index in [1.165, 1.54) is 30.6 Å². The topological polar surface area (TPSA) is 98.9 Å². The highest BCUT2D eigenvalue weighted by Crippen LogP contribution is 2.41. The van der Waals surface area contributed by atoms with Crippen LogP contribution in [0.3, 0.4) is 0 Å². The van der Waals surface area contributed by atoms with E-state index < -0.39 is 46.8 Å². The maximum absolute atomic E-state index is 14.1. The number of benzene rings is 3. The van der Waals surface area contributed by atoms with Gasteiger partial charge in [0.25, 0.3) is 11.8 Å². The van der Waals surface area contributed by atoms with Crippen molar-refractivity contribution in [1.29, 1.82) is 0 Å². The standard InChI is InChI=1S/C25H15ClF5N5O2/c26-18-2-1-13(27)8-16(18)21-20-17(23(38)36-21)9-15(34-24-32-3-4-33-24)10-19(20)35-22(37)11-5-12(25(29,30)31)7-14(28)6-11/h1-10,21H,(H,35,37)(H,36,38)(H2,32,33,34). The summed E-state index contributed by atoms with van der Waals surface area (Å²) in [5.41, 5.74) is -1.22. The van der Waals surface area contributed by atoms with Gasteiger partial charge in [0, 0.05) is 51.0 Å². The number of anilines is 3. The number of carbonyl (C=O) groups is 2. The molecule has 0 bridgehead atoms. The van der Waals surface area contributed by atoms with Gasteiger partial charge in [0.15, 0.2) is 0 Å². The highest BCUT2D eigenvalue weighted by atomic mass is 35.5. The fourth-order valence-electron chi connectivity index (χ4n) is 4.13. The Hall–Kier alpha value is -4.45. The van der Waals surface area contributed by atoms with Gasteiger partial charge in [-0.3, -0.25) is 9.59 Å². The zero-order valence-electron chi connectivity index (χ0n) is 18.9. The number of nitrogens with one attached hydrogen (secondary N) is 4. The number of fused-ring (bicyclic) bond motifs is 1. The number of amides is 2. The molecule has 38 heavy (non-hydrogen) atoms. The SMILES string of the molecule is O=C(Nc1cc(Nc2ncc[nH]2)cc2c1C(c1cc(F)ccc1Cl)NC2=O)c1cc(F)cc(C(F)(F)F)c1. The van der Waals surface area contributed by atoms with Crippen molar-refractivity contribution in [1.82, 2.24) is 15.3 Å². The van der Waals surface area contributed by atoms with Crippen molar-refractivity contribution in [3.8, 4) is 0 Å². The Morgan fingerprint density at radius 1 is 1.03 bits per heavy atom. The monoisotopic (exact) mass is 547 g/mol. The molecule has 0 spiro atoms. The second kappa shape index (κ2) is 9.45. The molecule has 4 aromatic rings. The molecule has 5 rings (SSSR count). The second-order valence-electron chi connectivity index (χ2n) is 8.30. The molecule has 13 heteroatoms. The number of aromatic nitrogens is 2. The van der Waals surface area contributed by atoms with Crippen molar-refractivity contribution in [2.24, 2.45) is 0 Å². The quantitative estimate of drug-likeness (QED) is 0.224. The normalized spacial score (nSPS) is 14.7. The molecule has 0 saturated heterocycles. The van der Waals surface area contributed by atoms with Crippen molar-refractivity contribution in [3.63, 3.8) is 0 Å². The van der Waals surface area contributed by atoms with E-state index in [0.717, 1.165) is 12.1 Å². The number of H-pyrrole nitrogens is 1. The first-order chi connectivity index (χ1) is 18.0. The largest absolute Gasteiger partial charge is 0.416 e. The average Bonchev–Trinajstić information content (AvgIpc) is 3.47. The predicted molar refractivity (Wildman–Crippen MR) is 128 cm³/mol. The van der Waals surface area contributed by atoms with Gasteiger partial charge in [-0.05, 0) is 48.5 Å². The van der Waals surface area contributed by atoms with Crippen LogP contribution in [0, 0.1) is 11.6 Å². The van der Waals surface area contributed by atoms with Gasteiger partial charge in [-0.2, -0.15) is 13.2 Å². The number of alkyl halides is 3. The maximum atomic E-state index is 14.1. The second-order valence-corrected chi connectivity index (χ2v) is 8.71. The third kappa shape index (κ3) is 4.90. The summed E-state index contributed by atoms with van der Waals surface area (Å²) in [5, 5.41) is 8.18. The van der Waals surface area contributed by atoms with Crippen molar-refractivity contribution in [2.45, 2.75) is 12.2 Å². The molecule has 2 heterocycles. The smallest absolute Gasteiger partial charge is 0.341 e. The Labute approximate surface area is 216 Å². The van der Waals surface area contributed by atoms with Crippen molar-refractivity contribution < 1.29 is 31.5 Å². The lowest BCUT2D eigenvalue weighted by Gasteiger charge is -2.19. The summed E-state index contributed by atoms with van der Waals surface area (Å²) in [6.07, 6.45) is -1.88. The zero-order valence-corrected chi connectivity index (χ0v) is 19.6. The van der Waals surface area contributed by atoms with E-state index in [4.69, 9.17) is 11.6 Å². The summed E-state index contributed by atoms with van der Waals surface area (Å²) >= 11 is 6.27. The van der Waals surface area contributed by atoms with Crippen LogP contribution in [0.2, 0.25) is 5.02 Å². The van der Waals surface area contributed by atoms with Gasteiger partial charge in [-0.25, -0.2) is 13.8 Å². The molecule has 3 aromatic carbocycles. The van der Waals surface area contributed by atoms with Crippen LogP contribution in [0.1, 0.15) is 43.4 Å². The van der Waals surface area contributed by atoms with Crippen LogP contribution in [0.5, 0.6) is 0 Å². The van der Waals surface area contributed by atoms with Gasteiger partial charge in [0.05, 0.1) is 11.6 Å². The van der Waals surface area contributed by atoms with Crippen molar-refractivity contribution in [3.05, 3.63) is 105 Å². The van der Waals surface area contributed by atoms with Crippen LogP contribution in [-0.4, -0.2) is 21.8 Å². The number of halogens is 6. The molecule has 194 valence electrons. The summed E-state index contributed by atoms with van der Waals surface area (Å²) in [5.74, 6) is -3.24. The van der Waals surface area contributed by atoms with Crippen LogP contribution in [-0.2, 0) is 6.18 Å². The summed E-state index contributed by atoms with van der Waals surface area (Å²) in [7, 11) is 0. The maximum Gasteiger partial charge on any atom is 0.416 e. The minimum absolute atomic E-state index is 0.0111. The lowest BCUT2D eigenvalue weighted by molar-refractivity contribution is -0.137. The van der Waals surface area contributed by atoms with Crippen molar-refractivity contribution >= 4 is 40.7 Å². The van der Waals surface area contributed by atoms with Gasteiger partial charge in [-0.15, -0.1) is 0 Å². The number of imidazole rings is 1. The summed E-state index contributed by atoms with van der Waals surface area (Å²) < 4.78 is 67.6. The molecule has 1 unspecified atom stereocenters. The van der Waals surface area contributed by atoms with Crippen LogP contribution in [0.25, 0.3) is 0 Å². The third-order valence-electron chi connectivity index (χ3n) is 5.75. The Morgan fingerprint density at radius 3 is 2.53 bits per heavy atom. The van der Waals surface area contributed by atoms with E-state index in [2.05, 4.69) is 25.9 Å². The minimum atomic E-state index is -4.89. The van der Waals surface area contributed by atoms with E-state index in [1.807, 2.05) is 0 Å². The van der Waals surface area contributed by atoms with E-state index in [0.29, 0.717) is 18.1 Å². The van der Waals surface area contributed by atoms with Gasteiger partial charge < -0.3 is 20.9 Å². The Morgan fingerprint density at radius 2 is 1.82 bits per heavy atom. The van der Waals surface area contributed by atoms with Gasteiger partial charge in [-0.1, -0.05) is 11.6 Å². The molecule has 1 aliphatic rings. The van der Waals surface area contributed by atoms with Gasteiger partial charge in [0.2, 0.25) is 5.95 Å². The number of hydrogen-bond acceptors (Lipinski definition) is 4. The third-order valence-corrected chi connectivity index (χ3v) is 6.10. The first-order valence-corrected chi connectivity index (χ1v) is 11.3. The summed E-state index contributed by atoms with van der Waals surface area (Å²) in [4.78, 5) is 32.8. The summed E-state index contributed by atoms with van der Waals surface area (Å²) in [6, 6.07) is 6.83. The number of hydrogen-bond donors (Lipinski definition) is 4.